The molecule has 0 amide bonds. The maximum atomic E-state index is 10.6. The second kappa shape index (κ2) is 23.2. The van der Waals surface area contributed by atoms with Crippen LogP contribution in [0, 0.1) is 39.0 Å². The zero-order chi connectivity index (χ0) is 89.5. The van der Waals surface area contributed by atoms with E-state index in [-0.39, 0.29) is 77.3 Å². The van der Waals surface area contributed by atoms with Gasteiger partial charge in [-0.3, -0.25) is 4.57 Å². The molecule has 5 nitrogen and oxygen atoms in total. The third-order valence-electron chi connectivity index (χ3n) is 14.1. The van der Waals surface area contributed by atoms with Crippen LogP contribution in [0.3, 0.4) is 0 Å². The Morgan fingerprint density at radius 1 is 0.448 bits per heavy atom. The van der Waals surface area contributed by atoms with E-state index in [9.17, 15) is 17.8 Å². The topological polar surface area (TPSA) is 35.9 Å². The molecule has 0 bridgehead atoms. The van der Waals surface area contributed by atoms with E-state index < -0.39 is 273 Å². The Morgan fingerprint density at radius 3 is 1.66 bits per heavy atom. The van der Waals surface area contributed by atoms with E-state index >= 15 is 0 Å². The Bertz CT molecular complexity index is 6900. The molecule has 0 unspecified atom stereocenters. The average Bonchev–Trinajstić information content (AvgIpc) is 1.26. The third-order valence-corrected chi connectivity index (χ3v) is 14.1. The molecule has 0 aliphatic heterocycles. The molecule has 0 saturated carbocycles. The monoisotopic (exact) mass is 1330 g/mol. The second-order valence-electron chi connectivity index (χ2n) is 19.2. The summed E-state index contributed by atoms with van der Waals surface area (Å²) in [6, 6.07) is 4.60. The summed E-state index contributed by atoms with van der Waals surface area (Å²) < 4.78 is 346. The normalized spacial score (nSPS) is 17.8. The van der Waals surface area contributed by atoms with Gasteiger partial charge in [0, 0.05) is 62.2 Å². The van der Waals surface area contributed by atoms with E-state index in [1.54, 1.807) is 34.9 Å². The molecule has 15 rings (SSSR count). The fourth-order valence-electron chi connectivity index (χ4n) is 10.3. The smallest absolute Gasteiger partial charge is 0.268 e. The Labute approximate surface area is 573 Å². The van der Waals surface area contributed by atoms with Gasteiger partial charge in [-0.2, -0.15) is 18.2 Å². The minimum Gasteiger partial charge on any atom is -0.510 e. The van der Waals surface area contributed by atoms with E-state index in [0.29, 0.717) is 16.3 Å². The van der Waals surface area contributed by atoms with Crippen LogP contribution in [-0.2, 0) is 21.1 Å². The molecule has 87 heavy (non-hydrogen) atoms. The Kier molecular flexibility index (Phi) is 7.27. The molecule has 0 spiro atoms. The maximum Gasteiger partial charge on any atom is 0.268 e. The maximum absolute atomic E-state index is 10.6. The number of ether oxygens (including phenoxy) is 1. The quantitative estimate of drug-likeness (QED) is 0.0903. The predicted molar refractivity (Wildman–Crippen MR) is 352 cm³/mol. The van der Waals surface area contributed by atoms with Gasteiger partial charge in [0.25, 0.3) is 6.33 Å². The minimum atomic E-state index is -3.04. The third kappa shape index (κ3) is 10.3. The van der Waals surface area contributed by atoms with Gasteiger partial charge in [0.1, 0.15) is 5.82 Å². The summed E-state index contributed by atoms with van der Waals surface area (Å²) in [6.45, 7) is -9.07. The van der Waals surface area contributed by atoms with Crippen molar-refractivity contribution in [1.82, 2.24) is 14.1 Å². The summed E-state index contributed by atoms with van der Waals surface area (Å²) in [6.07, 6.45) is 4.30. The molecule has 3 heterocycles. The van der Waals surface area contributed by atoms with Gasteiger partial charge >= 0.3 is 0 Å². The van der Waals surface area contributed by atoms with Crippen LogP contribution in [0.15, 0.2) is 285 Å². The van der Waals surface area contributed by atoms with Gasteiger partial charge in [-0.1, -0.05) is 205 Å². The first-order chi connectivity index (χ1) is 57.6. The van der Waals surface area contributed by atoms with Crippen molar-refractivity contribution in [3.63, 3.8) is 0 Å². The molecular weight excluding hydrogens is 1240 g/mol. The molecule has 0 saturated heterocycles. The number of nitrogens with zero attached hydrogens (tertiary/aromatic N) is 4. The summed E-state index contributed by atoms with van der Waals surface area (Å²) >= 11 is 0. The molecule has 418 valence electrons. The van der Waals surface area contributed by atoms with Crippen molar-refractivity contribution in [2.75, 3.05) is 0 Å². The molecular formula is C81H56N4OPt-2. The van der Waals surface area contributed by atoms with E-state index in [1.807, 2.05) is 0 Å². The Hall–Kier alpha value is -10.5. The van der Waals surface area contributed by atoms with Crippen molar-refractivity contribution >= 4 is 32.8 Å². The molecule has 0 N–H and O–H groups in total. The van der Waals surface area contributed by atoms with Crippen molar-refractivity contribution in [1.29, 1.82) is 0 Å². The van der Waals surface area contributed by atoms with E-state index in [1.165, 1.54) is 71.3 Å². The average molecular weight is 1330 g/mol. The van der Waals surface area contributed by atoms with Crippen LogP contribution in [0.5, 0.6) is 11.5 Å². The van der Waals surface area contributed by atoms with Gasteiger partial charge < -0.3 is 13.9 Å². The van der Waals surface area contributed by atoms with Crippen LogP contribution in [0.2, 0.25) is 0 Å². The number of fused-ring (bicyclic) bond motifs is 4. The summed E-state index contributed by atoms with van der Waals surface area (Å²) in [5.74, 6) is -0.237. The Balaban J connectivity index is 0.0000125. The van der Waals surface area contributed by atoms with E-state index in [0.717, 1.165) is 22.9 Å². The predicted octanol–water partition coefficient (Wildman–Crippen LogP) is 20.2. The molecule has 0 radical (unpaired) electrons. The fraction of sp³-hybridized carbons (Fsp3) is 0.0370. The molecule has 6 heteroatoms. The number of pyridine rings is 1. The van der Waals surface area contributed by atoms with Crippen LogP contribution in [0.4, 0.5) is 0 Å². The first-order valence-electron chi connectivity index (χ1n) is 44.6. The number of benzene rings is 12. The molecule has 0 atom stereocenters. The van der Waals surface area contributed by atoms with Crippen LogP contribution in [-0.4, -0.2) is 14.1 Å². The number of para-hydroxylation sites is 1. The number of hydrogen-bond acceptors (Lipinski definition) is 2. The van der Waals surface area contributed by atoms with Crippen molar-refractivity contribution in [2.45, 2.75) is 20.6 Å². The Morgan fingerprint density at radius 2 is 1.01 bits per heavy atom. The van der Waals surface area contributed by atoms with Gasteiger partial charge in [0.05, 0.1) is 55.1 Å². The summed E-state index contributed by atoms with van der Waals surface area (Å²) in [4.78, 5) is 4.65. The standard InChI is InChI=1S/C81H56N4O.Pt/c1-54-23-21-24-55(2)80(54)62-39-42-76-78(49-62)83(67-35-22-36-68(50-67)86-69-40-41-71-70-37-19-20-38-75(70)85(77(71)51-69)79-43-56(3)74(52-82-79)61-33-17-8-18-34-61)53-84(76)81-72(60-31-15-7-16-32-60)47-65(59-29-13-6-14-30-59)48-73(81)66-45-63(57-25-9-4-10-26-57)44-64(46-66)58-27-11-5-12-28-58;/h4-49,52H,1-3H3;/q-2;/i1D3,2D3,3D3,4D,5D,6D,7D,8D,9D,10D,11D,12D,13D,14D,15D,16D,17D,18D,25D,26D,27D,28D,29D,30D,31D,32D,33D,34D,44D,45D,46D;. The van der Waals surface area contributed by atoms with Gasteiger partial charge in [0.2, 0.25) is 0 Å². The van der Waals surface area contributed by atoms with Crippen LogP contribution in [0.1, 0.15) is 67.4 Å². The van der Waals surface area contributed by atoms with Gasteiger partial charge in [-0.05, 0) is 169 Å². The van der Waals surface area contributed by atoms with Crippen molar-refractivity contribution in [2.24, 2.45) is 0 Å². The van der Waals surface area contributed by atoms with Crippen molar-refractivity contribution < 1.29 is 81.1 Å². The van der Waals surface area contributed by atoms with Crippen LogP contribution >= 0.6 is 0 Å². The summed E-state index contributed by atoms with van der Waals surface area (Å²) in [5, 5.41) is 1.12. The molecule has 0 aliphatic carbocycles. The number of aromatic nitrogens is 4. The zero-order valence-electron chi connectivity index (χ0n) is 81.5. The number of aryl methyl sites for hydroxylation is 3. The summed E-state index contributed by atoms with van der Waals surface area (Å²) in [7, 11) is 0. The van der Waals surface area contributed by atoms with Gasteiger partial charge in [-0.25, -0.2) is 4.98 Å². The molecule has 3 aromatic heterocycles. The fourth-order valence-corrected chi connectivity index (χ4v) is 10.3. The minimum absolute atomic E-state index is 0. The van der Waals surface area contributed by atoms with E-state index in [2.05, 4.69) is 23.4 Å². The van der Waals surface area contributed by atoms with E-state index in [4.69, 9.17) is 37.6 Å². The SMILES string of the molecule is [2H]c1c([2H])c([2H])c(-c2cc(-c3c([2H])c([2H])c([2H])c([2H])c3[2H])c(-[n+]3[c-]n(-c4[c-]c(Oc5[c-]c6c(cc5)c5ccccc5n6-c5cc(C([2H])([2H])[2H])c(-c6c([2H])c([2H])c([2H])c([2H])c6[2H])cn5)ccc4)c4cc(-c5c(C([2H])([2H])[2H])cccc5C([2H])([2H])[2H])ccc43)c(-c3c([2H])c(-c4c([2H])c([2H])c([2H])c([2H])c4[2H])c([2H])c(-c4c([2H])c([2H])c([2H])c([2H])c4[2H])c3[2H])c2)c([2H])c1[2H].[Pt]. The molecule has 0 fully saturated rings. The molecule has 0 aliphatic rings. The van der Waals surface area contributed by atoms with Gasteiger partial charge in [-0.15, -0.1) is 29.7 Å². The number of rotatable bonds is 12. The van der Waals surface area contributed by atoms with Crippen molar-refractivity contribution in [3.05, 3.63) is 320 Å². The zero-order valence-corrected chi connectivity index (χ0v) is 46.8. The largest absolute Gasteiger partial charge is 0.510 e. The van der Waals surface area contributed by atoms with Gasteiger partial charge in [0.15, 0.2) is 0 Å². The first kappa shape index (κ1) is 27.3. The number of hydrogen-bond donors (Lipinski definition) is 0. The van der Waals surface area contributed by atoms with Crippen LogP contribution in [0.25, 0.3) is 128 Å². The summed E-state index contributed by atoms with van der Waals surface area (Å²) in [5.41, 5.74) is -10.9. The number of imidazole rings is 1. The van der Waals surface area contributed by atoms with Crippen LogP contribution < -0.4 is 9.30 Å². The molecule has 12 aromatic carbocycles. The van der Waals surface area contributed by atoms with Crippen molar-refractivity contribution in [3.8, 4) is 107 Å². The first-order valence-corrected chi connectivity index (χ1v) is 26.1. The second-order valence-corrected chi connectivity index (χ2v) is 19.2. The molecule has 15 aromatic rings.